The summed E-state index contributed by atoms with van der Waals surface area (Å²) in [6.07, 6.45) is 0. The van der Waals surface area contributed by atoms with Gasteiger partial charge in [-0.2, -0.15) is 0 Å². The summed E-state index contributed by atoms with van der Waals surface area (Å²) in [6.45, 7) is 10.9. The molecule has 0 aliphatic heterocycles. The van der Waals surface area contributed by atoms with Crippen LogP contribution in [0.15, 0.2) is 30.5 Å². The van der Waals surface area contributed by atoms with E-state index in [0.717, 1.165) is 5.56 Å². The Hall–Kier alpha value is -1.15. The maximum atomic E-state index is 6.05. The average Bonchev–Trinajstić information content (AvgIpc) is 2.25. The van der Waals surface area contributed by atoms with Crippen molar-refractivity contribution >= 4 is 11.6 Å². The number of halogens is 1. The molecule has 1 aromatic rings. The van der Waals surface area contributed by atoms with Gasteiger partial charge < -0.3 is 9.47 Å². The zero-order chi connectivity index (χ0) is 12.8. The predicted octanol–water partition coefficient (Wildman–Crippen LogP) is 4.21. The first-order valence-electron chi connectivity index (χ1n) is 5.68. The molecule has 0 heterocycles. The second kappa shape index (κ2) is 6.55. The van der Waals surface area contributed by atoms with Gasteiger partial charge in [0.05, 0.1) is 11.6 Å². The predicted molar refractivity (Wildman–Crippen MR) is 71.6 cm³/mol. The van der Waals surface area contributed by atoms with Crippen molar-refractivity contribution in [2.75, 3.05) is 13.2 Å². The van der Waals surface area contributed by atoms with Crippen molar-refractivity contribution in [2.45, 2.75) is 20.8 Å². The SMILES string of the molecule is C=C(COc1ccc(C)cc1Cl)OCC(C)C. The van der Waals surface area contributed by atoms with Gasteiger partial charge in [0.15, 0.2) is 0 Å². The fraction of sp³-hybridized carbons (Fsp3) is 0.429. The molecule has 0 unspecified atom stereocenters. The highest BCUT2D eigenvalue weighted by Crippen LogP contribution is 2.25. The minimum absolute atomic E-state index is 0.329. The Morgan fingerprint density at radius 2 is 2.12 bits per heavy atom. The summed E-state index contributed by atoms with van der Waals surface area (Å²) in [6, 6.07) is 5.68. The van der Waals surface area contributed by atoms with E-state index in [9.17, 15) is 0 Å². The molecule has 0 N–H and O–H groups in total. The minimum atomic E-state index is 0.329. The van der Waals surface area contributed by atoms with E-state index in [2.05, 4.69) is 20.4 Å². The van der Waals surface area contributed by atoms with E-state index in [1.807, 2.05) is 25.1 Å². The molecule has 17 heavy (non-hydrogen) atoms. The summed E-state index contributed by atoms with van der Waals surface area (Å²) in [4.78, 5) is 0. The van der Waals surface area contributed by atoms with Gasteiger partial charge in [-0.1, -0.05) is 38.1 Å². The fourth-order valence-corrected chi connectivity index (χ4v) is 1.50. The minimum Gasteiger partial charge on any atom is -0.495 e. The van der Waals surface area contributed by atoms with Crippen molar-refractivity contribution in [1.82, 2.24) is 0 Å². The van der Waals surface area contributed by atoms with E-state index in [0.29, 0.717) is 35.7 Å². The van der Waals surface area contributed by atoms with E-state index in [1.54, 1.807) is 0 Å². The highest BCUT2D eigenvalue weighted by molar-refractivity contribution is 6.32. The number of ether oxygens (including phenoxy) is 2. The normalized spacial score (nSPS) is 10.4. The molecule has 0 spiro atoms. The molecule has 0 aliphatic rings. The summed E-state index contributed by atoms with van der Waals surface area (Å²) in [5.74, 6) is 1.76. The first kappa shape index (κ1) is 13.9. The standard InChI is InChI=1S/C14H19ClO2/c1-10(2)8-16-12(4)9-17-14-6-5-11(3)7-13(14)15/h5-7,10H,4,8-9H2,1-3H3. The van der Waals surface area contributed by atoms with Crippen LogP contribution in [-0.4, -0.2) is 13.2 Å². The topological polar surface area (TPSA) is 18.5 Å². The summed E-state index contributed by atoms with van der Waals surface area (Å²) in [7, 11) is 0. The van der Waals surface area contributed by atoms with Gasteiger partial charge in [-0.05, 0) is 30.5 Å². The van der Waals surface area contributed by atoms with Crippen molar-refractivity contribution in [1.29, 1.82) is 0 Å². The van der Waals surface area contributed by atoms with E-state index < -0.39 is 0 Å². The number of hydrogen-bond donors (Lipinski definition) is 0. The van der Waals surface area contributed by atoms with Crippen LogP contribution in [0.4, 0.5) is 0 Å². The second-order valence-corrected chi connectivity index (χ2v) is 4.87. The van der Waals surface area contributed by atoms with Crippen molar-refractivity contribution < 1.29 is 9.47 Å². The Balaban J connectivity index is 2.42. The monoisotopic (exact) mass is 254 g/mol. The summed E-state index contributed by atoms with van der Waals surface area (Å²) in [5, 5.41) is 0.613. The molecule has 0 fully saturated rings. The van der Waals surface area contributed by atoms with Crippen molar-refractivity contribution in [3.8, 4) is 5.75 Å². The van der Waals surface area contributed by atoms with Gasteiger partial charge in [-0.3, -0.25) is 0 Å². The Bertz CT molecular complexity index is 386. The third-order valence-corrected chi connectivity index (χ3v) is 2.39. The zero-order valence-electron chi connectivity index (χ0n) is 10.6. The molecule has 0 bridgehead atoms. The van der Waals surface area contributed by atoms with Crippen LogP contribution >= 0.6 is 11.6 Å². The van der Waals surface area contributed by atoms with E-state index in [-0.39, 0.29) is 0 Å². The molecule has 0 saturated carbocycles. The Labute approximate surface area is 108 Å². The Morgan fingerprint density at radius 3 is 2.71 bits per heavy atom. The second-order valence-electron chi connectivity index (χ2n) is 4.47. The van der Waals surface area contributed by atoms with Gasteiger partial charge in [0.2, 0.25) is 0 Å². The van der Waals surface area contributed by atoms with Crippen LogP contribution < -0.4 is 4.74 Å². The highest BCUT2D eigenvalue weighted by atomic mass is 35.5. The molecule has 1 aromatic carbocycles. The van der Waals surface area contributed by atoms with Crippen molar-refractivity contribution in [3.05, 3.63) is 41.1 Å². The molecule has 1 rings (SSSR count). The van der Waals surface area contributed by atoms with Crippen LogP contribution in [0.5, 0.6) is 5.75 Å². The number of hydrogen-bond acceptors (Lipinski definition) is 2. The molecule has 0 saturated heterocycles. The van der Waals surface area contributed by atoms with Gasteiger partial charge >= 0.3 is 0 Å². The third-order valence-electron chi connectivity index (χ3n) is 2.10. The molecule has 0 atom stereocenters. The average molecular weight is 255 g/mol. The van der Waals surface area contributed by atoms with Gasteiger partial charge in [0, 0.05) is 0 Å². The molecule has 0 aromatic heterocycles. The number of rotatable bonds is 6. The molecule has 3 heteroatoms. The molecule has 0 radical (unpaired) electrons. The van der Waals surface area contributed by atoms with Crippen LogP contribution in [0.1, 0.15) is 19.4 Å². The van der Waals surface area contributed by atoms with Crippen LogP contribution in [0.2, 0.25) is 5.02 Å². The number of aryl methyl sites for hydroxylation is 1. The van der Waals surface area contributed by atoms with E-state index in [4.69, 9.17) is 21.1 Å². The third kappa shape index (κ3) is 5.14. The van der Waals surface area contributed by atoms with E-state index >= 15 is 0 Å². The summed E-state index contributed by atoms with van der Waals surface area (Å²) < 4.78 is 11.0. The zero-order valence-corrected chi connectivity index (χ0v) is 11.4. The maximum Gasteiger partial charge on any atom is 0.145 e. The lowest BCUT2D eigenvalue weighted by Crippen LogP contribution is -2.08. The molecule has 2 nitrogen and oxygen atoms in total. The van der Waals surface area contributed by atoms with Crippen LogP contribution in [-0.2, 0) is 4.74 Å². The lowest BCUT2D eigenvalue weighted by Gasteiger charge is -2.13. The fourth-order valence-electron chi connectivity index (χ4n) is 1.21. The first-order chi connectivity index (χ1) is 7.99. The maximum absolute atomic E-state index is 6.05. The molecule has 94 valence electrons. The van der Waals surface area contributed by atoms with Gasteiger partial charge in [0.1, 0.15) is 18.1 Å². The Kier molecular flexibility index (Phi) is 5.36. The van der Waals surface area contributed by atoms with Crippen molar-refractivity contribution in [2.24, 2.45) is 5.92 Å². The lowest BCUT2D eigenvalue weighted by molar-refractivity contribution is 0.147. The van der Waals surface area contributed by atoms with Gasteiger partial charge in [-0.15, -0.1) is 0 Å². The van der Waals surface area contributed by atoms with Gasteiger partial charge in [-0.25, -0.2) is 0 Å². The molecule has 0 aliphatic carbocycles. The van der Waals surface area contributed by atoms with Crippen molar-refractivity contribution in [3.63, 3.8) is 0 Å². The first-order valence-corrected chi connectivity index (χ1v) is 6.06. The molecular formula is C14H19ClO2. The summed E-state index contributed by atoms with van der Waals surface area (Å²) >= 11 is 6.05. The largest absolute Gasteiger partial charge is 0.495 e. The van der Waals surface area contributed by atoms with E-state index in [1.165, 1.54) is 0 Å². The molecular weight excluding hydrogens is 236 g/mol. The van der Waals surface area contributed by atoms with Gasteiger partial charge in [0.25, 0.3) is 0 Å². The van der Waals surface area contributed by atoms with Crippen LogP contribution in [0, 0.1) is 12.8 Å². The highest BCUT2D eigenvalue weighted by Gasteiger charge is 2.04. The number of benzene rings is 1. The van der Waals surface area contributed by atoms with Crippen LogP contribution in [0.25, 0.3) is 0 Å². The molecule has 0 amide bonds. The summed E-state index contributed by atoms with van der Waals surface area (Å²) in [5.41, 5.74) is 1.11. The Morgan fingerprint density at radius 1 is 1.41 bits per heavy atom. The quantitative estimate of drug-likeness (QED) is 0.708. The lowest BCUT2D eigenvalue weighted by atomic mass is 10.2. The van der Waals surface area contributed by atoms with Crippen LogP contribution in [0.3, 0.4) is 0 Å². The smallest absolute Gasteiger partial charge is 0.145 e.